The van der Waals surface area contributed by atoms with Gasteiger partial charge in [0.1, 0.15) is 0 Å². The van der Waals surface area contributed by atoms with Crippen molar-refractivity contribution in [1.82, 2.24) is 4.31 Å². The van der Waals surface area contributed by atoms with E-state index in [1.54, 1.807) is 26.0 Å². The zero-order chi connectivity index (χ0) is 8.85. The summed E-state index contributed by atoms with van der Waals surface area (Å²) in [6.45, 7) is 7.46. The van der Waals surface area contributed by atoms with Crippen LogP contribution in [-0.2, 0) is 10.9 Å². The van der Waals surface area contributed by atoms with Crippen LogP contribution in [0.3, 0.4) is 0 Å². The lowest BCUT2D eigenvalue weighted by Gasteiger charge is -2.14. The lowest BCUT2D eigenvalue weighted by atomic mass is 10.4. The second-order valence-corrected chi connectivity index (χ2v) is 2.96. The minimum Gasteiger partial charge on any atom is -0.277 e. The van der Waals surface area contributed by atoms with Crippen molar-refractivity contribution < 1.29 is 8.42 Å². The van der Waals surface area contributed by atoms with Gasteiger partial charge in [0.05, 0.1) is 0 Å². The third kappa shape index (κ3) is 3.23. The van der Waals surface area contributed by atoms with E-state index in [-0.39, 0.29) is 0 Å². The molecule has 3 nitrogen and oxygen atoms in total. The normalized spacial score (nSPS) is 11.7. The Morgan fingerprint density at radius 2 is 2.18 bits per heavy atom. The van der Waals surface area contributed by atoms with E-state index in [2.05, 4.69) is 6.58 Å². The predicted octanol–water partition coefficient (Wildman–Crippen LogP) is 0.924. The minimum absolute atomic E-state index is 0.467. The molecule has 0 heterocycles. The summed E-state index contributed by atoms with van der Waals surface area (Å²) in [6, 6.07) is 0. The van der Waals surface area contributed by atoms with Crippen molar-refractivity contribution in [3.63, 3.8) is 0 Å². The molecule has 0 aliphatic carbocycles. The predicted molar refractivity (Wildman–Crippen MR) is 46.6 cm³/mol. The van der Waals surface area contributed by atoms with Crippen molar-refractivity contribution >= 4 is 10.9 Å². The van der Waals surface area contributed by atoms with E-state index in [1.807, 2.05) is 0 Å². The first-order valence-electron chi connectivity index (χ1n) is 3.34. The third-order valence-electron chi connectivity index (χ3n) is 1.26. The van der Waals surface area contributed by atoms with Gasteiger partial charge in [-0.1, -0.05) is 12.7 Å². The van der Waals surface area contributed by atoms with Crippen LogP contribution in [0.4, 0.5) is 0 Å². The standard InChI is InChI=1S/C7H13NO2S/c1-4-6-7(3)8(5-2)11(9)10/h4,6,11H,1,5H2,2-3H3/b7-6+. The van der Waals surface area contributed by atoms with Crippen LogP contribution in [0.5, 0.6) is 0 Å². The molecule has 0 saturated heterocycles. The van der Waals surface area contributed by atoms with Gasteiger partial charge in [0, 0.05) is 12.2 Å². The largest absolute Gasteiger partial charge is 0.277 e. The molecule has 0 spiro atoms. The Morgan fingerprint density at radius 1 is 1.64 bits per heavy atom. The van der Waals surface area contributed by atoms with Gasteiger partial charge in [-0.3, -0.25) is 4.31 Å². The fourth-order valence-electron chi connectivity index (χ4n) is 0.750. The first-order valence-corrected chi connectivity index (χ1v) is 4.47. The van der Waals surface area contributed by atoms with Crippen LogP contribution >= 0.6 is 0 Å². The Kier molecular flexibility index (Phi) is 4.61. The van der Waals surface area contributed by atoms with Gasteiger partial charge >= 0.3 is 0 Å². The molecule has 0 aliphatic rings. The van der Waals surface area contributed by atoms with E-state index < -0.39 is 10.9 Å². The molecule has 0 aliphatic heterocycles. The topological polar surface area (TPSA) is 37.4 Å². The molecule has 0 saturated carbocycles. The SMILES string of the molecule is C=C/C=C(\C)N(CC)[SH](=O)=O. The first kappa shape index (κ1) is 10.2. The number of rotatable bonds is 4. The fourth-order valence-corrected chi connectivity index (χ4v) is 1.31. The molecule has 0 aromatic rings. The van der Waals surface area contributed by atoms with Gasteiger partial charge < -0.3 is 0 Å². The van der Waals surface area contributed by atoms with E-state index in [0.717, 1.165) is 0 Å². The summed E-state index contributed by atoms with van der Waals surface area (Å²) < 4.78 is 22.4. The van der Waals surface area contributed by atoms with Gasteiger partial charge in [0.25, 0.3) is 0 Å². The number of hydrogen-bond acceptors (Lipinski definition) is 2. The lowest BCUT2D eigenvalue weighted by Crippen LogP contribution is -2.18. The summed E-state index contributed by atoms with van der Waals surface area (Å²) in [4.78, 5) is 0. The molecule has 0 radical (unpaired) electrons. The molecular weight excluding hydrogens is 162 g/mol. The Hall–Kier alpha value is -0.770. The monoisotopic (exact) mass is 175 g/mol. The second-order valence-electron chi connectivity index (χ2n) is 2.00. The van der Waals surface area contributed by atoms with Crippen molar-refractivity contribution in [1.29, 1.82) is 0 Å². The number of allylic oxidation sites excluding steroid dienone is 3. The van der Waals surface area contributed by atoms with Crippen molar-refractivity contribution in [2.24, 2.45) is 0 Å². The molecule has 0 rings (SSSR count). The van der Waals surface area contributed by atoms with E-state index in [4.69, 9.17) is 0 Å². The zero-order valence-corrected chi connectivity index (χ0v) is 7.67. The minimum atomic E-state index is -2.50. The summed E-state index contributed by atoms with van der Waals surface area (Å²) >= 11 is 0. The molecule has 0 fully saturated rings. The summed E-state index contributed by atoms with van der Waals surface area (Å²) in [7, 11) is -2.50. The van der Waals surface area contributed by atoms with Crippen LogP contribution < -0.4 is 0 Å². The molecule has 11 heavy (non-hydrogen) atoms. The highest BCUT2D eigenvalue weighted by atomic mass is 32.2. The van der Waals surface area contributed by atoms with E-state index in [0.29, 0.717) is 12.2 Å². The van der Waals surface area contributed by atoms with Crippen LogP contribution in [0.15, 0.2) is 24.4 Å². The van der Waals surface area contributed by atoms with Crippen LogP contribution in [0, 0.1) is 0 Å². The Labute approximate surface area is 69.1 Å². The van der Waals surface area contributed by atoms with Crippen LogP contribution in [0.25, 0.3) is 0 Å². The molecule has 0 N–H and O–H groups in total. The van der Waals surface area contributed by atoms with Crippen LogP contribution in [-0.4, -0.2) is 19.3 Å². The van der Waals surface area contributed by atoms with E-state index >= 15 is 0 Å². The van der Waals surface area contributed by atoms with Crippen molar-refractivity contribution in [3.8, 4) is 0 Å². The zero-order valence-electron chi connectivity index (χ0n) is 6.78. The molecular formula is C7H13NO2S. The fraction of sp³-hybridized carbons (Fsp3) is 0.429. The smallest absolute Gasteiger partial charge is 0.224 e. The third-order valence-corrected chi connectivity index (χ3v) is 2.26. The maximum atomic E-state index is 10.5. The maximum absolute atomic E-state index is 10.5. The van der Waals surface area contributed by atoms with Crippen molar-refractivity contribution in [2.75, 3.05) is 6.54 Å². The first-order chi connectivity index (χ1) is 5.13. The number of nitrogens with zero attached hydrogens (tertiary/aromatic N) is 1. The molecule has 0 bridgehead atoms. The molecule has 0 unspecified atom stereocenters. The van der Waals surface area contributed by atoms with Gasteiger partial charge in [-0.25, -0.2) is 8.42 Å². The highest BCUT2D eigenvalue weighted by molar-refractivity contribution is 7.70. The van der Waals surface area contributed by atoms with Gasteiger partial charge in [-0.2, -0.15) is 0 Å². The molecule has 0 atom stereocenters. The molecule has 0 amide bonds. The summed E-state index contributed by atoms with van der Waals surface area (Å²) in [5, 5.41) is 0. The van der Waals surface area contributed by atoms with Crippen molar-refractivity contribution in [3.05, 3.63) is 24.4 Å². The van der Waals surface area contributed by atoms with Crippen LogP contribution in [0.2, 0.25) is 0 Å². The van der Waals surface area contributed by atoms with Crippen molar-refractivity contribution in [2.45, 2.75) is 13.8 Å². The molecule has 0 aromatic heterocycles. The van der Waals surface area contributed by atoms with Crippen LogP contribution in [0.1, 0.15) is 13.8 Å². The van der Waals surface area contributed by atoms with E-state index in [9.17, 15) is 8.42 Å². The molecule has 0 aromatic carbocycles. The highest BCUT2D eigenvalue weighted by Gasteiger charge is 2.01. The maximum Gasteiger partial charge on any atom is 0.224 e. The Morgan fingerprint density at radius 3 is 2.45 bits per heavy atom. The number of thiol groups is 1. The average Bonchev–Trinajstić information content (AvgIpc) is 1.88. The molecule has 64 valence electrons. The molecule has 4 heteroatoms. The highest BCUT2D eigenvalue weighted by Crippen LogP contribution is 2.01. The summed E-state index contributed by atoms with van der Waals surface area (Å²) in [5.74, 6) is 0. The quantitative estimate of drug-likeness (QED) is 0.509. The van der Waals surface area contributed by atoms with Gasteiger partial charge in [-0.15, -0.1) is 0 Å². The van der Waals surface area contributed by atoms with Gasteiger partial charge in [-0.05, 0) is 19.9 Å². The Balaban J connectivity index is 4.50. The van der Waals surface area contributed by atoms with E-state index in [1.165, 1.54) is 4.31 Å². The second kappa shape index (κ2) is 4.96. The Bertz CT molecular complexity index is 223. The lowest BCUT2D eigenvalue weighted by molar-refractivity contribution is 0.512. The summed E-state index contributed by atoms with van der Waals surface area (Å²) in [5.41, 5.74) is 0.693. The number of hydrogen-bond donors (Lipinski definition) is 1. The summed E-state index contributed by atoms with van der Waals surface area (Å²) in [6.07, 6.45) is 3.23. The average molecular weight is 175 g/mol. The van der Waals surface area contributed by atoms with Gasteiger partial charge in [0.15, 0.2) is 0 Å². The van der Waals surface area contributed by atoms with Gasteiger partial charge in [0.2, 0.25) is 10.9 Å².